The highest BCUT2D eigenvalue weighted by Crippen LogP contribution is 2.45. The quantitative estimate of drug-likeness (QED) is 0.360. The Morgan fingerprint density at radius 1 is 0.875 bits per heavy atom. The number of hydrogen-bond donors (Lipinski definition) is 2. The molecule has 0 bridgehead atoms. The Labute approximate surface area is 184 Å². The Morgan fingerprint density at radius 2 is 1.53 bits per heavy atom. The summed E-state index contributed by atoms with van der Waals surface area (Å²) in [5.74, 6) is -1.21. The number of aromatic hydroxyl groups is 1. The minimum Gasteiger partial charge on any atom is -0.507 e. The van der Waals surface area contributed by atoms with Gasteiger partial charge in [0.15, 0.2) is 0 Å². The van der Waals surface area contributed by atoms with Crippen LogP contribution in [0.1, 0.15) is 17.2 Å². The summed E-state index contributed by atoms with van der Waals surface area (Å²) in [6, 6.07) is 18.7. The van der Waals surface area contributed by atoms with E-state index in [1.54, 1.807) is 66.7 Å². The summed E-state index contributed by atoms with van der Waals surface area (Å²) in [5, 5.41) is 21.6. The highest BCUT2D eigenvalue weighted by molar-refractivity contribution is 6.51. The monoisotopic (exact) mass is 431 g/mol. The minimum absolute atomic E-state index is 0.0974. The average Bonchev–Trinajstić information content (AvgIpc) is 3.09. The lowest BCUT2D eigenvalue weighted by atomic mass is 9.95. The van der Waals surface area contributed by atoms with Crippen LogP contribution in [0.3, 0.4) is 0 Å². The van der Waals surface area contributed by atoms with Crippen LogP contribution < -0.4 is 14.4 Å². The third-order valence-corrected chi connectivity index (χ3v) is 5.34. The van der Waals surface area contributed by atoms with Crippen molar-refractivity contribution in [3.63, 3.8) is 0 Å². The molecule has 0 spiro atoms. The van der Waals surface area contributed by atoms with E-state index >= 15 is 0 Å². The molecule has 0 radical (unpaired) electrons. The molecule has 0 aliphatic carbocycles. The maximum absolute atomic E-state index is 13.2. The number of ether oxygens (including phenoxy) is 2. The van der Waals surface area contributed by atoms with Crippen LogP contribution in [0.4, 0.5) is 5.69 Å². The Kier molecular flexibility index (Phi) is 5.55. The summed E-state index contributed by atoms with van der Waals surface area (Å²) < 4.78 is 10.5. The molecule has 32 heavy (non-hydrogen) atoms. The third-order valence-electron chi connectivity index (χ3n) is 5.34. The summed E-state index contributed by atoms with van der Waals surface area (Å²) in [7, 11) is 3.00. The number of hydrogen-bond acceptors (Lipinski definition) is 6. The molecule has 7 nitrogen and oxygen atoms in total. The maximum Gasteiger partial charge on any atom is 0.300 e. The van der Waals surface area contributed by atoms with Gasteiger partial charge < -0.3 is 19.7 Å². The molecule has 1 unspecified atom stereocenters. The third kappa shape index (κ3) is 3.54. The largest absolute Gasteiger partial charge is 0.507 e. The SMILES string of the molecule is COc1cccc(/C(O)=C2/C(=O)C(=O)N(c3ccccc3O)C2c2cccc(OC)c2)c1. The summed E-state index contributed by atoms with van der Waals surface area (Å²) in [4.78, 5) is 27.5. The van der Waals surface area contributed by atoms with Crippen molar-refractivity contribution in [1.29, 1.82) is 0 Å². The van der Waals surface area contributed by atoms with E-state index in [1.165, 1.54) is 25.2 Å². The molecule has 2 N–H and O–H groups in total. The summed E-state index contributed by atoms with van der Waals surface area (Å²) in [6.07, 6.45) is 0. The van der Waals surface area contributed by atoms with E-state index in [-0.39, 0.29) is 22.8 Å². The van der Waals surface area contributed by atoms with Gasteiger partial charge in [-0.1, -0.05) is 36.4 Å². The Bertz CT molecular complexity index is 1230. The van der Waals surface area contributed by atoms with Crippen LogP contribution in [-0.2, 0) is 9.59 Å². The van der Waals surface area contributed by atoms with E-state index in [4.69, 9.17) is 9.47 Å². The van der Waals surface area contributed by atoms with Crippen molar-refractivity contribution in [2.45, 2.75) is 6.04 Å². The molecule has 1 fully saturated rings. The van der Waals surface area contributed by atoms with Crippen molar-refractivity contribution in [2.24, 2.45) is 0 Å². The van der Waals surface area contributed by atoms with Crippen LogP contribution in [-0.4, -0.2) is 36.1 Å². The number of carbonyl (C=O) groups excluding carboxylic acids is 2. The lowest BCUT2D eigenvalue weighted by molar-refractivity contribution is -0.132. The van der Waals surface area contributed by atoms with Crippen molar-refractivity contribution < 1.29 is 29.3 Å². The first-order valence-corrected chi connectivity index (χ1v) is 9.83. The number of phenolic OH excluding ortho intramolecular Hbond substituents is 1. The van der Waals surface area contributed by atoms with Crippen LogP contribution >= 0.6 is 0 Å². The predicted octanol–water partition coefficient (Wildman–Crippen LogP) is 4.04. The van der Waals surface area contributed by atoms with E-state index in [0.717, 1.165) is 0 Å². The topological polar surface area (TPSA) is 96.3 Å². The van der Waals surface area contributed by atoms with Crippen LogP contribution in [0.15, 0.2) is 78.4 Å². The molecule has 0 aromatic heterocycles. The summed E-state index contributed by atoms with van der Waals surface area (Å²) >= 11 is 0. The van der Waals surface area contributed by atoms with Gasteiger partial charge in [0.25, 0.3) is 11.7 Å². The molecule has 1 aliphatic rings. The first kappa shape index (κ1) is 21.0. The van der Waals surface area contributed by atoms with Gasteiger partial charge in [-0.15, -0.1) is 0 Å². The lowest BCUT2D eigenvalue weighted by Gasteiger charge is -2.26. The van der Waals surface area contributed by atoms with E-state index in [1.807, 2.05) is 0 Å². The fraction of sp³-hybridized carbons (Fsp3) is 0.120. The van der Waals surface area contributed by atoms with E-state index in [2.05, 4.69) is 0 Å². The molecule has 1 atom stereocenters. The Hall–Kier alpha value is -4.26. The number of carbonyl (C=O) groups is 2. The second kappa shape index (κ2) is 8.47. The van der Waals surface area contributed by atoms with Gasteiger partial charge in [0.1, 0.15) is 23.0 Å². The van der Waals surface area contributed by atoms with E-state index in [0.29, 0.717) is 22.6 Å². The number of Topliss-reactive ketones (excluding diaryl/α,β-unsaturated/α-hetero) is 1. The first-order chi connectivity index (χ1) is 15.5. The van der Waals surface area contributed by atoms with Crippen molar-refractivity contribution >= 4 is 23.1 Å². The van der Waals surface area contributed by atoms with Crippen LogP contribution in [0, 0.1) is 0 Å². The fourth-order valence-electron chi connectivity index (χ4n) is 3.80. The molecule has 7 heteroatoms. The van der Waals surface area contributed by atoms with Gasteiger partial charge in [-0.05, 0) is 42.0 Å². The van der Waals surface area contributed by atoms with Gasteiger partial charge in [0, 0.05) is 5.56 Å². The number of ketones is 1. The average molecular weight is 431 g/mol. The Morgan fingerprint density at radius 3 is 2.22 bits per heavy atom. The molecular formula is C25H21NO6. The first-order valence-electron chi connectivity index (χ1n) is 9.83. The molecule has 0 saturated carbocycles. The van der Waals surface area contributed by atoms with Crippen molar-refractivity contribution in [3.05, 3.63) is 89.5 Å². The number of rotatable bonds is 5. The normalized spacial score (nSPS) is 17.4. The molecule has 1 saturated heterocycles. The van der Waals surface area contributed by atoms with Gasteiger partial charge in [0.05, 0.1) is 31.5 Å². The summed E-state index contributed by atoms with van der Waals surface area (Å²) in [5.41, 5.74) is 0.927. The highest BCUT2D eigenvalue weighted by Gasteiger charge is 2.47. The fourth-order valence-corrected chi connectivity index (χ4v) is 3.80. The van der Waals surface area contributed by atoms with Gasteiger partial charge in [-0.25, -0.2) is 0 Å². The Balaban J connectivity index is 1.98. The predicted molar refractivity (Wildman–Crippen MR) is 119 cm³/mol. The zero-order valence-corrected chi connectivity index (χ0v) is 17.5. The maximum atomic E-state index is 13.2. The molecule has 162 valence electrons. The van der Waals surface area contributed by atoms with Crippen LogP contribution in [0.5, 0.6) is 17.2 Å². The number of anilines is 1. The van der Waals surface area contributed by atoms with Crippen molar-refractivity contribution in [3.8, 4) is 17.2 Å². The molecule has 1 aliphatic heterocycles. The van der Waals surface area contributed by atoms with Gasteiger partial charge in [0.2, 0.25) is 0 Å². The van der Waals surface area contributed by atoms with Crippen molar-refractivity contribution in [2.75, 3.05) is 19.1 Å². The molecule has 1 amide bonds. The second-order valence-corrected chi connectivity index (χ2v) is 7.17. The van der Waals surface area contributed by atoms with E-state index in [9.17, 15) is 19.8 Å². The van der Waals surface area contributed by atoms with Crippen LogP contribution in [0.2, 0.25) is 0 Å². The zero-order chi connectivity index (χ0) is 22.8. The number of nitrogens with zero attached hydrogens (tertiary/aromatic N) is 1. The number of amides is 1. The number of para-hydroxylation sites is 2. The zero-order valence-electron chi connectivity index (χ0n) is 17.5. The molecule has 1 heterocycles. The number of methoxy groups -OCH3 is 2. The molecule has 3 aromatic carbocycles. The van der Waals surface area contributed by atoms with Gasteiger partial charge >= 0.3 is 0 Å². The highest BCUT2D eigenvalue weighted by atomic mass is 16.5. The molecular weight excluding hydrogens is 410 g/mol. The van der Waals surface area contributed by atoms with Crippen LogP contribution in [0.25, 0.3) is 5.76 Å². The molecule has 4 rings (SSSR count). The number of phenols is 1. The minimum atomic E-state index is -0.982. The lowest BCUT2D eigenvalue weighted by Crippen LogP contribution is -2.29. The van der Waals surface area contributed by atoms with Gasteiger partial charge in [-0.3, -0.25) is 14.5 Å². The molecule has 3 aromatic rings. The summed E-state index contributed by atoms with van der Waals surface area (Å²) in [6.45, 7) is 0. The standard InChI is InChI=1S/C25H21NO6/c1-31-17-9-5-7-15(13-17)22-21(23(28)16-8-6-10-18(14-16)32-2)24(29)25(30)26(22)19-11-3-4-12-20(19)27/h3-14,22,27-28H,1-2H3/b23-21-. The van der Waals surface area contributed by atoms with Gasteiger partial charge in [-0.2, -0.15) is 0 Å². The second-order valence-electron chi connectivity index (χ2n) is 7.17. The number of aliphatic hydroxyl groups is 1. The van der Waals surface area contributed by atoms with Crippen molar-refractivity contribution in [1.82, 2.24) is 0 Å². The number of aliphatic hydroxyl groups excluding tert-OH is 1. The smallest absolute Gasteiger partial charge is 0.300 e. The van der Waals surface area contributed by atoms with E-state index < -0.39 is 17.7 Å². The number of benzene rings is 3.